The number of nitrogens with zero attached hydrogens (tertiary/aromatic N) is 1. The van der Waals surface area contributed by atoms with Gasteiger partial charge in [-0.2, -0.15) is 17.4 Å². The fourth-order valence-corrected chi connectivity index (χ4v) is 2.74. The molecule has 0 spiro atoms. The van der Waals surface area contributed by atoms with Crippen LogP contribution in [0.1, 0.15) is 34.6 Å². The third-order valence-electron chi connectivity index (χ3n) is 1.64. The van der Waals surface area contributed by atoms with E-state index in [1.54, 1.807) is 34.6 Å². The normalized spacial score (nSPS) is 13.9. The SMILES string of the molecule is CCN(CC(C)(C)O)S(=O)(=O)NC(C)C. The summed E-state index contributed by atoms with van der Waals surface area (Å²) in [6.45, 7) is 8.86. The summed E-state index contributed by atoms with van der Waals surface area (Å²) in [4.78, 5) is 0. The Hall–Kier alpha value is -0.170. The van der Waals surface area contributed by atoms with Gasteiger partial charge in [0.1, 0.15) is 0 Å². The number of nitrogens with one attached hydrogen (secondary N) is 1. The van der Waals surface area contributed by atoms with Gasteiger partial charge in [-0.15, -0.1) is 0 Å². The molecule has 0 aliphatic rings. The van der Waals surface area contributed by atoms with Crippen LogP contribution in [0.3, 0.4) is 0 Å². The van der Waals surface area contributed by atoms with Crippen LogP contribution in [0.4, 0.5) is 0 Å². The summed E-state index contributed by atoms with van der Waals surface area (Å²) in [7, 11) is -3.48. The molecule has 0 aliphatic heterocycles. The van der Waals surface area contributed by atoms with Gasteiger partial charge in [0.15, 0.2) is 0 Å². The van der Waals surface area contributed by atoms with Crippen LogP contribution in [0, 0.1) is 0 Å². The van der Waals surface area contributed by atoms with Crippen LogP contribution in [0.5, 0.6) is 0 Å². The summed E-state index contributed by atoms with van der Waals surface area (Å²) in [5.74, 6) is 0. The van der Waals surface area contributed by atoms with E-state index in [0.717, 1.165) is 0 Å². The molecule has 92 valence electrons. The highest BCUT2D eigenvalue weighted by Gasteiger charge is 2.26. The molecule has 0 aromatic heterocycles. The first-order chi connectivity index (χ1) is 6.58. The van der Waals surface area contributed by atoms with Crippen molar-refractivity contribution < 1.29 is 13.5 Å². The van der Waals surface area contributed by atoms with Gasteiger partial charge in [-0.25, -0.2) is 0 Å². The molecule has 0 bridgehead atoms. The van der Waals surface area contributed by atoms with Crippen LogP contribution in [0.15, 0.2) is 0 Å². The molecule has 0 unspecified atom stereocenters. The van der Waals surface area contributed by atoms with Gasteiger partial charge in [-0.05, 0) is 27.7 Å². The van der Waals surface area contributed by atoms with Crippen LogP contribution in [-0.4, -0.2) is 42.6 Å². The predicted octanol–water partition coefficient (Wildman–Crippen LogP) is 0.322. The molecule has 0 aliphatic carbocycles. The lowest BCUT2D eigenvalue weighted by atomic mass is 10.1. The molecule has 0 heterocycles. The Kier molecular flexibility index (Phi) is 5.19. The summed E-state index contributed by atoms with van der Waals surface area (Å²) < 4.78 is 27.2. The zero-order chi connectivity index (χ0) is 12.3. The largest absolute Gasteiger partial charge is 0.389 e. The van der Waals surface area contributed by atoms with E-state index in [2.05, 4.69) is 4.72 Å². The van der Waals surface area contributed by atoms with Crippen molar-refractivity contribution in [2.45, 2.75) is 46.3 Å². The highest BCUT2D eigenvalue weighted by atomic mass is 32.2. The number of likely N-dealkylation sites (N-methyl/N-ethyl adjacent to an activating group) is 1. The fraction of sp³-hybridized carbons (Fsp3) is 1.00. The van der Waals surface area contributed by atoms with E-state index in [-0.39, 0.29) is 12.6 Å². The average molecular weight is 238 g/mol. The van der Waals surface area contributed by atoms with Crippen LogP contribution in [0.25, 0.3) is 0 Å². The fourth-order valence-electron chi connectivity index (χ4n) is 1.17. The molecule has 0 fully saturated rings. The lowest BCUT2D eigenvalue weighted by Gasteiger charge is -2.28. The Labute approximate surface area is 92.7 Å². The van der Waals surface area contributed by atoms with Crippen LogP contribution in [0.2, 0.25) is 0 Å². The Morgan fingerprint density at radius 1 is 1.40 bits per heavy atom. The van der Waals surface area contributed by atoms with E-state index in [0.29, 0.717) is 6.54 Å². The zero-order valence-electron chi connectivity index (χ0n) is 10.1. The van der Waals surface area contributed by atoms with Crippen LogP contribution < -0.4 is 4.72 Å². The van der Waals surface area contributed by atoms with Crippen molar-refractivity contribution >= 4 is 10.2 Å². The molecule has 6 heteroatoms. The maximum atomic E-state index is 11.8. The van der Waals surface area contributed by atoms with Gasteiger partial charge in [0.25, 0.3) is 10.2 Å². The Morgan fingerprint density at radius 3 is 2.13 bits per heavy atom. The van der Waals surface area contributed by atoms with E-state index in [9.17, 15) is 13.5 Å². The average Bonchev–Trinajstić information content (AvgIpc) is 1.95. The predicted molar refractivity (Wildman–Crippen MR) is 60.7 cm³/mol. The second-order valence-electron chi connectivity index (χ2n) is 4.52. The number of aliphatic hydroxyl groups is 1. The molecule has 0 aromatic rings. The first-order valence-electron chi connectivity index (χ1n) is 5.08. The van der Waals surface area contributed by atoms with Gasteiger partial charge < -0.3 is 5.11 Å². The molecule has 0 atom stereocenters. The molecule has 0 amide bonds. The molecule has 0 rings (SSSR count). The first kappa shape index (κ1) is 14.8. The van der Waals surface area contributed by atoms with Gasteiger partial charge >= 0.3 is 0 Å². The third-order valence-corrected chi connectivity index (χ3v) is 3.48. The Balaban J connectivity index is 4.67. The smallest absolute Gasteiger partial charge is 0.279 e. The van der Waals surface area contributed by atoms with E-state index < -0.39 is 15.8 Å². The summed E-state index contributed by atoms with van der Waals surface area (Å²) in [6.07, 6.45) is 0. The number of rotatable bonds is 6. The second-order valence-corrected chi connectivity index (χ2v) is 6.22. The molecule has 2 N–H and O–H groups in total. The third kappa shape index (κ3) is 6.09. The molecular weight excluding hydrogens is 216 g/mol. The van der Waals surface area contributed by atoms with Crippen LogP contribution >= 0.6 is 0 Å². The first-order valence-corrected chi connectivity index (χ1v) is 6.52. The summed E-state index contributed by atoms with van der Waals surface area (Å²) in [6, 6.07) is -0.147. The van der Waals surface area contributed by atoms with E-state index in [1.165, 1.54) is 4.31 Å². The van der Waals surface area contributed by atoms with Gasteiger partial charge in [0.2, 0.25) is 0 Å². The molecule has 5 nitrogen and oxygen atoms in total. The van der Waals surface area contributed by atoms with Crippen molar-refractivity contribution in [2.24, 2.45) is 0 Å². The van der Waals surface area contributed by atoms with E-state index in [1.807, 2.05) is 0 Å². The van der Waals surface area contributed by atoms with Crippen molar-refractivity contribution in [3.05, 3.63) is 0 Å². The standard InChI is InChI=1S/C9H22N2O3S/c1-6-11(7-9(4,5)12)15(13,14)10-8(2)3/h8,10,12H,6-7H2,1-5H3. The van der Waals surface area contributed by atoms with E-state index >= 15 is 0 Å². The number of hydrogen-bond donors (Lipinski definition) is 2. The van der Waals surface area contributed by atoms with Crippen molar-refractivity contribution in [3.8, 4) is 0 Å². The highest BCUT2D eigenvalue weighted by Crippen LogP contribution is 2.08. The highest BCUT2D eigenvalue weighted by molar-refractivity contribution is 7.87. The molecule has 0 saturated heterocycles. The van der Waals surface area contributed by atoms with E-state index in [4.69, 9.17) is 0 Å². The Morgan fingerprint density at radius 2 is 1.87 bits per heavy atom. The van der Waals surface area contributed by atoms with Crippen LogP contribution in [-0.2, 0) is 10.2 Å². The Bertz CT molecular complexity index is 280. The minimum Gasteiger partial charge on any atom is -0.389 e. The van der Waals surface area contributed by atoms with Crippen molar-refractivity contribution in [1.82, 2.24) is 9.03 Å². The molecule has 0 saturated carbocycles. The van der Waals surface area contributed by atoms with Crippen molar-refractivity contribution in [2.75, 3.05) is 13.1 Å². The van der Waals surface area contributed by atoms with Gasteiger partial charge in [-0.3, -0.25) is 0 Å². The zero-order valence-corrected chi connectivity index (χ0v) is 10.9. The van der Waals surface area contributed by atoms with Gasteiger partial charge in [-0.1, -0.05) is 6.92 Å². The number of hydrogen-bond acceptors (Lipinski definition) is 3. The minimum atomic E-state index is -3.48. The summed E-state index contributed by atoms with van der Waals surface area (Å²) >= 11 is 0. The lowest BCUT2D eigenvalue weighted by molar-refractivity contribution is 0.0597. The van der Waals surface area contributed by atoms with Gasteiger partial charge in [0.05, 0.1) is 5.60 Å². The van der Waals surface area contributed by atoms with Gasteiger partial charge in [0, 0.05) is 19.1 Å². The van der Waals surface area contributed by atoms with Crippen molar-refractivity contribution in [1.29, 1.82) is 0 Å². The summed E-state index contributed by atoms with van der Waals surface area (Å²) in [5.41, 5.74) is -1.03. The topological polar surface area (TPSA) is 69.6 Å². The monoisotopic (exact) mass is 238 g/mol. The molecule has 0 radical (unpaired) electrons. The molecule has 0 aromatic carbocycles. The molecular formula is C9H22N2O3S. The minimum absolute atomic E-state index is 0.0888. The maximum absolute atomic E-state index is 11.8. The lowest BCUT2D eigenvalue weighted by Crippen LogP contribution is -2.48. The summed E-state index contributed by atoms with van der Waals surface area (Å²) in [5, 5.41) is 9.58. The van der Waals surface area contributed by atoms with Crippen molar-refractivity contribution in [3.63, 3.8) is 0 Å². The maximum Gasteiger partial charge on any atom is 0.279 e. The quantitative estimate of drug-likeness (QED) is 0.700. The second kappa shape index (κ2) is 5.25. The molecule has 15 heavy (non-hydrogen) atoms.